The zero-order valence-electron chi connectivity index (χ0n) is 11.6. The zero-order valence-corrected chi connectivity index (χ0v) is 13.1. The summed E-state index contributed by atoms with van der Waals surface area (Å²) in [5.41, 5.74) is 8.53. The Hall–Kier alpha value is -1.02. The highest BCUT2D eigenvalue weighted by Crippen LogP contribution is 2.29. The maximum atomic E-state index is 6.58. The van der Waals surface area contributed by atoms with Gasteiger partial charge in [-0.1, -0.05) is 72.6 Å². The van der Waals surface area contributed by atoms with Gasteiger partial charge in [0, 0.05) is 5.54 Å². The molecule has 0 spiro atoms. The minimum absolute atomic E-state index is 0.310. The van der Waals surface area contributed by atoms with Crippen molar-refractivity contribution in [3.05, 3.63) is 69.7 Å². The molecular formula is C17H19Cl2N. The molecule has 1 unspecified atom stereocenters. The second-order valence-electron chi connectivity index (χ2n) is 5.27. The van der Waals surface area contributed by atoms with Gasteiger partial charge in [0.1, 0.15) is 0 Å². The van der Waals surface area contributed by atoms with Crippen molar-refractivity contribution in [1.29, 1.82) is 0 Å². The van der Waals surface area contributed by atoms with Crippen LogP contribution in [-0.4, -0.2) is 5.54 Å². The van der Waals surface area contributed by atoms with Crippen LogP contribution in [-0.2, 0) is 12.8 Å². The van der Waals surface area contributed by atoms with E-state index in [-0.39, 0.29) is 5.54 Å². The lowest BCUT2D eigenvalue weighted by Gasteiger charge is -2.29. The maximum absolute atomic E-state index is 6.58. The molecule has 1 nitrogen and oxygen atoms in total. The van der Waals surface area contributed by atoms with Crippen LogP contribution in [0.1, 0.15) is 24.5 Å². The van der Waals surface area contributed by atoms with Crippen LogP contribution in [0, 0.1) is 0 Å². The minimum Gasteiger partial charge on any atom is -0.325 e. The highest BCUT2D eigenvalue weighted by Gasteiger charge is 2.25. The van der Waals surface area contributed by atoms with Crippen LogP contribution >= 0.6 is 23.2 Å². The summed E-state index contributed by atoms with van der Waals surface area (Å²) in [6.45, 7) is 2.11. The average molecular weight is 308 g/mol. The number of halogens is 2. The quantitative estimate of drug-likeness (QED) is 0.836. The Kier molecular flexibility index (Phi) is 5.09. The molecule has 0 aliphatic rings. The third-order valence-electron chi connectivity index (χ3n) is 3.68. The normalized spacial score (nSPS) is 14.0. The Morgan fingerprint density at radius 1 is 0.950 bits per heavy atom. The number of hydrogen-bond donors (Lipinski definition) is 1. The van der Waals surface area contributed by atoms with E-state index in [4.69, 9.17) is 28.9 Å². The zero-order chi connectivity index (χ0) is 14.6. The molecule has 20 heavy (non-hydrogen) atoms. The van der Waals surface area contributed by atoms with Gasteiger partial charge in [0.2, 0.25) is 0 Å². The van der Waals surface area contributed by atoms with Gasteiger partial charge < -0.3 is 5.73 Å². The van der Waals surface area contributed by atoms with Crippen molar-refractivity contribution in [3.63, 3.8) is 0 Å². The first-order valence-electron chi connectivity index (χ1n) is 6.80. The van der Waals surface area contributed by atoms with Crippen LogP contribution in [0.3, 0.4) is 0 Å². The van der Waals surface area contributed by atoms with Crippen molar-refractivity contribution >= 4 is 23.2 Å². The van der Waals surface area contributed by atoms with E-state index in [1.54, 1.807) is 6.07 Å². The molecule has 2 aromatic rings. The summed E-state index contributed by atoms with van der Waals surface area (Å²) in [6, 6.07) is 16.0. The van der Waals surface area contributed by atoms with Gasteiger partial charge in [0.05, 0.1) is 10.0 Å². The van der Waals surface area contributed by atoms with E-state index in [2.05, 4.69) is 19.1 Å². The van der Waals surface area contributed by atoms with E-state index in [1.807, 2.05) is 30.3 Å². The van der Waals surface area contributed by atoms with Crippen molar-refractivity contribution in [2.45, 2.75) is 31.7 Å². The number of nitrogens with two attached hydrogens (primary N) is 1. The Bertz CT molecular complexity index is 568. The number of rotatable bonds is 5. The van der Waals surface area contributed by atoms with Crippen LogP contribution in [0.4, 0.5) is 0 Å². The monoisotopic (exact) mass is 307 g/mol. The SMILES string of the molecule is CCC(N)(Cc1ccccc1)Cc1cccc(Cl)c1Cl. The second-order valence-corrected chi connectivity index (χ2v) is 6.05. The standard InChI is InChI=1S/C17H19Cl2N/c1-2-17(20,11-13-7-4-3-5-8-13)12-14-9-6-10-15(18)16(14)19/h3-10H,2,11-12,20H2,1H3. The molecule has 0 fully saturated rings. The predicted octanol–water partition coefficient (Wildman–Crippen LogP) is 4.89. The summed E-state index contributed by atoms with van der Waals surface area (Å²) in [6.07, 6.45) is 2.43. The Balaban J connectivity index is 2.21. The molecule has 1 atom stereocenters. The summed E-state index contributed by atoms with van der Waals surface area (Å²) in [7, 11) is 0. The molecule has 2 aromatic carbocycles. The third kappa shape index (κ3) is 3.76. The predicted molar refractivity (Wildman–Crippen MR) is 87.5 cm³/mol. The first-order valence-corrected chi connectivity index (χ1v) is 7.55. The Labute approximate surface area is 130 Å². The molecule has 0 saturated carbocycles. The van der Waals surface area contributed by atoms with Gasteiger partial charge in [-0.15, -0.1) is 0 Å². The molecule has 2 N–H and O–H groups in total. The lowest BCUT2D eigenvalue weighted by molar-refractivity contribution is 0.404. The van der Waals surface area contributed by atoms with Crippen LogP contribution < -0.4 is 5.73 Å². The molecule has 3 heteroatoms. The van der Waals surface area contributed by atoms with Gasteiger partial charge in [0.25, 0.3) is 0 Å². The first kappa shape index (κ1) is 15.4. The smallest absolute Gasteiger partial charge is 0.0624 e. The fraction of sp³-hybridized carbons (Fsp3) is 0.294. The molecule has 0 aromatic heterocycles. The van der Waals surface area contributed by atoms with Crippen molar-refractivity contribution in [1.82, 2.24) is 0 Å². The number of hydrogen-bond acceptors (Lipinski definition) is 1. The molecule has 0 saturated heterocycles. The van der Waals surface area contributed by atoms with E-state index >= 15 is 0 Å². The van der Waals surface area contributed by atoms with Gasteiger partial charge >= 0.3 is 0 Å². The van der Waals surface area contributed by atoms with Crippen molar-refractivity contribution in [2.24, 2.45) is 5.73 Å². The van der Waals surface area contributed by atoms with E-state index in [0.717, 1.165) is 24.8 Å². The molecule has 106 valence electrons. The van der Waals surface area contributed by atoms with E-state index in [9.17, 15) is 0 Å². The molecule has 0 radical (unpaired) electrons. The first-order chi connectivity index (χ1) is 9.54. The third-order valence-corrected chi connectivity index (χ3v) is 4.54. The topological polar surface area (TPSA) is 26.0 Å². The van der Waals surface area contributed by atoms with Crippen LogP contribution in [0.5, 0.6) is 0 Å². The van der Waals surface area contributed by atoms with E-state index in [1.165, 1.54) is 5.56 Å². The fourth-order valence-electron chi connectivity index (χ4n) is 2.38. The van der Waals surface area contributed by atoms with Crippen molar-refractivity contribution < 1.29 is 0 Å². The Morgan fingerprint density at radius 2 is 1.65 bits per heavy atom. The molecule has 2 rings (SSSR count). The molecule has 0 heterocycles. The lowest BCUT2D eigenvalue weighted by Crippen LogP contribution is -2.43. The molecule has 0 aliphatic carbocycles. The largest absolute Gasteiger partial charge is 0.325 e. The van der Waals surface area contributed by atoms with Crippen LogP contribution in [0.2, 0.25) is 10.0 Å². The van der Waals surface area contributed by atoms with Gasteiger partial charge in [-0.2, -0.15) is 0 Å². The van der Waals surface area contributed by atoms with Gasteiger partial charge in [0.15, 0.2) is 0 Å². The highest BCUT2D eigenvalue weighted by atomic mass is 35.5. The summed E-state index contributed by atoms with van der Waals surface area (Å²) < 4.78 is 0. The lowest BCUT2D eigenvalue weighted by atomic mass is 9.83. The van der Waals surface area contributed by atoms with Gasteiger partial charge in [-0.25, -0.2) is 0 Å². The second kappa shape index (κ2) is 6.62. The molecule has 0 bridgehead atoms. The Morgan fingerprint density at radius 3 is 2.30 bits per heavy atom. The van der Waals surface area contributed by atoms with Crippen LogP contribution in [0.25, 0.3) is 0 Å². The summed E-state index contributed by atoms with van der Waals surface area (Å²) in [5, 5.41) is 1.20. The number of benzene rings is 2. The van der Waals surface area contributed by atoms with Crippen molar-refractivity contribution in [3.8, 4) is 0 Å². The fourth-order valence-corrected chi connectivity index (χ4v) is 2.77. The average Bonchev–Trinajstić information content (AvgIpc) is 2.45. The summed E-state index contributed by atoms with van der Waals surface area (Å²) >= 11 is 12.3. The van der Waals surface area contributed by atoms with Crippen molar-refractivity contribution in [2.75, 3.05) is 0 Å². The van der Waals surface area contributed by atoms with Gasteiger partial charge in [-0.3, -0.25) is 0 Å². The maximum Gasteiger partial charge on any atom is 0.0624 e. The van der Waals surface area contributed by atoms with E-state index < -0.39 is 0 Å². The van der Waals surface area contributed by atoms with Gasteiger partial charge in [-0.05, 0) is 36.5 Å². The minimum atomic E-state index is -0.310. The van der Waals surface area contributed by atoms with E-state index in [0.29, 0.717) is 10.0 Å². The summed E-state index contributed by atoms with van der Waals surface area (Å²) in [5.74, 6) is 0. The molecule has 0 amide bonds. The summed E-state index contributed by atoms with van der Waals surface area (Å²) in [4.78, 5) is 0. The highest BCUT2D eigenvalue weighted by molar-refractivity contribution is 6.42. The molecule has 0 aliphatic heterocycles. The van der Waals surface area contributed by atoms with Crippen LogP contribution in [0.15, 0.2) is 48.5 Å². The molecular weight excluding hydrogens is 289 g/mol.